The molecule has 0 atom stereocenters. The molecule has 0 bridgehead atoms. The van der Waals surface area contributed by atoms with Crippen molar-refractivity contribution in [2.45, 2.75) is 39.0 Å². The summed E-state index contributed by atoms with van der Waals surface area (Å²) in [6, 6.07) is 0. The molecule has 96 valence electrons. The Hall–Kier alpha value is -0.680. The third-order valence-corrected chi connectivity index (χ3v) is 3.12. The molecule has 0 unspecified atom stereocenters. The number of nitrogens with zero attached hydrogens (tertiary/aromatic N) is 1. The van der Waals surface area contributed by atoms with Gasteiger partial charge >= 0.3 is 0 Å². The molecule has 0 amide bonds. The highest BCUT2D eigenvalue weighted by atomic mass is 79.9. The Balaban J connectivity index is 3.03. The SMILES string of the molecule is COCCCc1nc(C(C)(C)C)c(Br)c(=O)[nH]1. The van der Waals surface area contributed by atoms with Crippen LogP contribution in [0, 0.1) is 0 Å². The second-order valence-electron chi connectivity index (χ2n) is 5.02. The van der Waals surface area contributed by atoms with Crippen LogP contribution in [0.4, 0.5) is 0 Å². The molecule has 1 N–H and O–H groups in total. The zero-order valence-electron chi connectivity index (χ0n) is 10.8. The summed E-state index contributed by atoms with van der Waals surface area (Å²) in [5.41, 5.74) is 0.536. The van der Waals surface area contributed by atoms with E-state index in [0.717, 1.165) is 24.4 Å². The van der Waals surface area contributed by atoms with Gasteiger partial charge in [-0.25, -0.2) is 4.98 Å². The lowest BCUT2D eigenvalue weighted by Gasteiger charge is -2.19. The van der Waals surface area contributed by atoms with Gasteiger partial charge in [0.05, 0.1) is 5.69 Å². The number of ether oxygens (including phenoxy) is 1. The van der Waals surface area contributed by atoms with Crippen molar-refractivity contribution in [3.05, 3.63) is 26.3 Å². The van der Waals surface area contributed by atoms with Gasteiger partial charge < -0.3 is 9.72 Å². The standard InChI is InChI=1S/C12H19BrN2O2/c1-12(2,3)10-9(13)11(16)15-8(14-10)6-5-7-17-4/h5-7H2,1-4H3,(H,14,15,16). The molecule has 1 aromatic heterocycles. The smallest absolute Gasteiger partial charge is 0.265 e. The fraction of sp³-hybridized carbons (Fsp3) is 0.667. The number of aromatic amines is 1. The minimum Gasteiger partial charge on any atom is -0.385 e. The minimum absolute atomic E-state index is 0.114. The molecular formula is C12H19BrN2O2. The molecule has 1 heterocycles. The van der Waals surface area contributed by atoms with E-state index in [1.807, 2.05) is 20.8 Å². The monoisotopic (exact) mass is 302 g/mol. The van der Waals surface area contributed by atoms with Crippen molar-refractivity contribution in [2.75, 3.05) is 13.7 Å². The Morgan fingerprint density at radius 3 is 2.59 bits per heavy atom. The van der Waals surface area contributed by atoms with Gasteiger partial charge in [-0.15, -0.1) is 0 Å². The van der Waals surface area contributed by atoms with Gasteiger partial charge in [0.15, 0.2) is 0 Å². The Morgan fingerprint density at radius 2 is 2.06 bits per heavy atom. The Bertz CT molecular complexity index is 435. The van der Waals surface area contributed by atoms with Crippen LogP contribution < -0.4 is 5.56 Å². The predicted molar refractivity (Wildman–Crippen MR) is 71.5 cm³/mol. The molecule has 0 saturated carbocycles. The summed E-state index contributed by atoms with van der Waals surface area (Å²) >= 11 is 3.30. The molecular weight excluding hydrogens is 284 g/mol. The van der Waals surface area contributed by atoms with Crippen molar-refractivity contribution in [1.29, 1.82) is 0 Å². The quantitative estimate of drug-likeness (QED) is 0.869. The summed E-state index contributed by atoms with van der Waals surface area (Å²) < 4.78 is 5.51. The zero-order chi connectivity index (χ0) is 13.1. The van der Waals surface area contributed by atoms with E-state index in [9.17, 15) is 4.79 Å². The number of hydrogen-bond donors (Lipinski definition) is 1. The molecule has 0 aliphatic carbocycles. The lowest BCUT2D eigenvalue weighted by molar-refractivity contribution is 0.194. The van der Waals surface area contributed by atoms with Crippen LogP contribution in [0.1, 0.15) is 38.7 Å². The van der Waals surface area contributed by atoms with Gasteiger partial charge in [0.1, 0.15) is 10.3 Å². The average Bonchev–Trinajstić information content (AvgIpc) is 2.21. The molecule has 0 spiro atoms. The number of hydrogen-bond acceptors (Lipinski definition) is 3. The highest BCUT2D eigenvalue weighted by Crippen LogP contribution is 2.25. The van der Waals surface area contributed by atoms with Crippen LogP contribution in [-0.4, -0.2) is 23.7 Å². The molecule has 0 aromatic carbocycles. The van der Waals surface area contributed by atoms with Crippen LogP contribution in [0.15, 0.2) is 9.27 Å². The van der Waals surface area contributed by atoms with Gasteiger partial charge in [-0.2, -0.15) is 0 Å². The molecule has 0 saturated heterocycles. The molecule has 0 fully saturated rings. The number of aryl methyl sites for hydroxylation is 1. The normalized spacial score (nSPS) is 11.8. The van der Waals surface area contributed by atoms with Crippen molar-refractivity contribution in [3.63, 3.8) is 0 Å². The fourth-order valence-electron chi connectivity index (χ4n) is 1.50. The Morgan fingerprint density at radius 1 is 1.41 bits per heavy atom. The fourth-order valence-corrected chi connectivity index (χ4v) is 2.29. The lowest BCUT2D eigenvalue weighted by Crippen LogP contribution is -2.23. The second kappa shape index (κ2) is 5.78. The van der Waals surface area contributed by atoms with E-state index in [4.69, 9.17) is 4.74 Å². The average molecular weight is 303 g/mol. The van der Waals surface area contributed by atoms with Crippen molar-refractivity contribution in [2.24, 2.45) is 0 Å². The third-order valence-electron chi connectivity index (χ3n) is 2.38. The van der Waals surface area contributed by atoms with Gasteiger partial charge in [-0.05, 0) is 22.4 Å². The Labute approximate surface area is 110 Å². The predicted octanol–water partition coefficient (Wildman–Crippen LogP) is 2.41. The summed E-state index contributed by atoms with van der Waals surface area (Å²) in [5.74, 6) is 0.722. The minimum atomic E-state index is -0.150. The molecule has 4 nitrogen and oxygen atoms in total. The molecule has 1 rings (SSSR count). The van der Waals surface area contributed by atoms with Crippen LogP contribution in [0.5, 0.6) is 0 Å². The maximum absolute atomic E-state index is 11.8. The highest BCUT2D eigenvalue weighted by molar-refractivity contribution is 9.10. The lowest BCUT2D eigenvalue weighted by atomic mass is 9.92. The van der Waals surface area contributed by atoms with Gasteiger partial charge in [0, 0.05) is 25.6 Å². The first-order valence-corrected chi connectivity index (χ1v) is 6.43. The van der Waals surface area contributed by atoms with Crippen molar-refractivity contribution in [3.8, 4) is 0 Å². The summed E-state index contributed by atoms with van der Waals surface area (Å²) in [6.07, 6.45) is 1.57. The molecule has 0 aliphatic heterocycles. The molecule has 17 heavy (non-hydrogen) atoms. The van der Waals surface area contributed by atoms with Crippen molar-refractivity contribution in [1.82, 2.24) is 9.97 Å². The van der Waals surface area contributed by atoms with Gasteiger partial charge in [0.25, 0.3) is 5.56 Å². The molecule has 0 aliphatic rings. The van der Waals surface area contributed by atoms with E-state index >= 15 is 0 Å². The van der Waals surface area contributed by atoms with E-state index in [-0.39, 0.29) is 11.0 Å². The second-order valence-corrected chi connectivity index (χ2v) is 5.81. The molecule has 1 aromatic rings. The van der Waals surface area contributed by atoms with Crippen LogP contribution >= 0.6 is 15.9 Å². The summed E-state index contributed by atoms with van der Waals surface area (Å²) in [7, 11) is 1.67. The van der Waals surface area contributed by atoms with Gasteiger partial charge in [-0.1, -0.05) is 20.8 Å². The maximum Gasteiger partial charge on any atom is 0.265 e. The van der Waals surface area contributed by atoms with E-state index in [2.05, 4.69) is 25.9 Å². The van der Waals surface area contributed by atoms with Crippen LogP contribution in [0.25, 0.3) is 0 Å². The number of halogens is 1. The summed E-state index contributed by atoms with van der Waals surface area (Å²) in [6.45, 7) is 6.79. The van der Waals surface area contributed by atoms with Crippen molar-refractivity contribution < 1.29 is 4.74 Å². The van der Waals surface area contributed by atoms with Gasteiger partial charge in [0.2, 0.25) is 0 Å². The molecule has 0 radical (unpaired) electrons. The van der Waals surface area contributed by atoms with Crippen LogP contribution in [0.2, 0.25) is 0 Å². The zero-order valence-corrected chi connectivity index (χ0v) is 12.3. The van der Waals surface area contributed by atoms with E-state index in [1.54, 1.807) is 7.11 Å². The van der Waals surface area contributed by atoms with Crippen LogP contribution in [0.3, 0.4) is 0 Å². The first-order valence-electron chi connectivity index (χ1n) is 5.64. The number of aromatic nitrogens is 2. The summed E-state index contributed by atoms with van der Waals surface area (Å²) in [5, 5.41) is 0. The van der Waals surface area contributed by atoms with E-state index in [0.29, 0.717) is 11.1 Å². The summed E-state index contributed by atoms with van der Waals surface area (Å²) in [4.78, 5) is 19.1. The van der Waals surface area contributed by atoms with Gasteiger partial charge in [-0.3, -0.25) is 4.79 Å². The van der Waals surface area contributed by atoms with E-state index < -0.39 is 0 Å². The number of rotatable bonds is 4. The maximum atomic E-state index is 11.8. The van der Waals surface area contributed by atoms with E-state index in [1.165, 1.54) is 0 Å². The number of H-pyrrole nitrogens is 1. The van der Waals surface area contributed by atoms with Crippen LogP contribution in [-0.2, 0) is 16.6 Å². The van der Waals surface area contributed by atoms with Crippen molar-refractivity contribution >= 4 is 15.9 Å². The third kappa shape index (κ3) is 3.92. The topological polar surface area (TPSA) is 55.0 Å². The largest absolute Gasteiger partial charge is 0.385 e. The number of nitrogens with one attached hydrogen (secondary N) is 1. The first-order chi connectivity index (χ1) is 7.86. The highest BCUT2D eigenvalue weighted by Gasteiger charge is 2.21. The first kappa shape index (κ1) is 14.4. The number of methoxy groups -OCH3 is 1. The Kier molecular flexibility index (Phi) is 4.89. The molecule has 5 heteroatoms.